The van der Waals surface area contributed by atoms with Gasteiger partial charge in [-0.3, -0.25) is 72.5 Å². The van der Waals surface area contributed by atoms with E-state index in [0.29, 0.717) is 34.0 Å². The van der Waals surface area contributed by atoms with Crippen molar-refractivity contribution in [3.8, 4) is 11.5 Å². The number of guanidine groups is 1. The van der Waals surface area contributed by atoms with Gasteiger partial charge in [-0.2, -0.15) is 0 Å². The maximum absolute atomic E-state index is 15.0. The van der Waals surface area contributed by atoms with Gasteiger partial charge in [0.1, 0.15) is 65.9 Å². The minimum Gasteiger partial charge on any atom is -0.508 e. The number of aromatic hydroxyl groups is 2. The molecule has 4 aromatic rings. The summed E-state index contributed by atoms with van der Waals surface area (Å²) in [6.45, 7) is 4.13. The van der Waals surface area contributed by atoms with Crippen LogP contribution in [0.25, 0.3) is 10.9 Å². The van der Waals surface area contributed by atoms with Crippen LogP contribution in [0.3, 0.4) is 0 Å². The fraction of sp³-hybridized carbons (Fsp3) is 0.478. The Morgan fingerprint density at radius 2 is 1.24 bits per heavy atom. The van der Waals surface area contributed by atoms with Crippen LogP contribution in [-0.2, 0) is 86.4 Å². The van der Waals surface area contributed by atoms with Crippen LogP contribution in [0.1, 0.15) is 95.2 Å². The molecule has 1 aliphatic heterocycles. The van der Waals surface area contributed by atoms with Crippen LogP contribution < -0.4 is 81.4 Å². The summed E-state index contributed by atoms with van der Waals surface area (Å²) in [5.74, 6) is -15.7. The molecule has 104 heavy (non-hydrogen) atoms. The lowest BCUT2D eigenvalue weighted by Gasteiger charge is -2.29. The van der Waals surface area contributed by atoms with E-state index in [1.165, 1.54) is 53.4 Å². The van der Waals surface area contributed by atoms with Gasteiger partial charge in [0.15, 0.2) is 5.96 Å². The molecule has 0 saturated carbocycles. The number of carboxylic acid groups (broad SMARTS) is 1. The summed E-state index contributed by atoms with van der Waals surface area (Å²) < 4.78 is 0. The SMILES string of the molecule is CCCN(CC(=O)N[C@@H](Cc1ccc(O)cc1)C(=O)N[C@H]1CSSC[C@H](C(N)=O)NC(=O)[C@H](CCC(=O)O)NC(=O)[C@H](Cc2c[nH]c3ccccc23)NC(=O)[C@H](CCC(N)=O)NC(=O)CCNC(=O)[C@H](CCCNC(=N)N)NC(=O)[C@H](Cc2ccc(O)cc2)NC(=O)[C@H](C(C)C)NC1=O)C(=O)CCN. The smallest absolute Gasteiger partial charge is 0.303 e. The molecular weight excluding hydrogens is 1390 g/mol. The molecule has 566 valence electrons. The molecule has 35 nitrogen and oxygen atoms in total. The average Bonchev–Trinajstić information content (AvgIpc) is 1.57. The molecule has 24 N–H and O–H groups in total. The van der Waals surface area contributed by atoms with Gasteiger partial charge in [0.25, 0.3) is 0 Å². The number of hydrogen-bond donors (Lipinski definition) is 20. The molecule has 2 heterocycles. The number of para-hydroxylation sites is 1. The fourth-order valence-electron chi connectivity index (χ4n) is 10.7. The third-order valence-electron chi connectivity index (χ3n) is 16.3. The van der Waals surface area contributed by atoms with Gasteiger partial charge in [-0.25, -0.2) is 0 Å². The van der Waals surface area contributed by atoms with Crippen molar-refractivity contribution < 1.29 is 82.4 Å². The van der Waals surface area contributed by atoms with E-state index in [9.17, 15) is 82.4 Å². The molecule has 0 aliphatic carbocycles. The van der Waals surface area contributed by atoms with Crippen molar-refractivity contribution in [2.24, 2.45) is 28.9 Å². The van der Waals surface area contributed by atoms with Crippen LogP contribution in [-0.4, -0.2) is 213 Å². The standard InChI is InChI=1S/C67H94N18O17S2/c1-4-28-85(55(91)23-25-68)33-54(90)77-47(29-37-11-15-40(86)16-12-37)62(98)83-51-35-104-103-34-50(58(70)94)82-61(97)46(20-22-56(92)93)79-64(100)49(31-39-32-75-43-9-6-5-8-42(39)43)80-60(96)45(19-21-52(69)88)76-53(89)24-27-73-59(95)44(10-7-26-74-67(71)72)78-63(99)48(30-38-13-17-41(87)18-14-38)81-66(102)57(36(2)3)84-65(51)101/h5-6,8-9,11-18,32,36,44-51,57,75,86-87H,4,7,10,19-31,33-35,68H2,1-3H3,(H2,69,88)(H2,70,94)(H,73,95)(H,76,89)(H,77,90)(H,78,99)(H,79,100)(H,80,96)(H,81,102)(H,82,97)(H,83,98)(H,84,101)(H,92,93)(H4,71,72,74)/t44-,45-,46-,47-,48-,49-,50+,51-,57-/m0/s1. The van der Waals surface area contributed by atoms with Crippen LogP contribution in [0, 0.1) is 11.3 Å². The van der Waals surface area contributed by atoms with E-state index < -0.39 is 206 Å². The number of benzene rings is 3. The predicted octanol–water partition coefficient (Wildman–Crippen LogP) is -3.01. The first-order valence-corrected chi connectivity index (χ1v) is 36.1. The third-order valence-corrected chi connectivity index (χ3v) is 18.7. The van der Waals surface area contributed by atoms with E-state index in [2.05, 4.69) is 63.5 Å². The summed E-state index contributed by atoms with van der Waals surface area (Å²) in [5.41, 5.74) is 24.4. The van der Waals surface area contributed by atoms with Gasteiger partial charge in [-0.05, 0) is 85.0 Å². The molecule has 1 fully saturated rings. The van der Waals surface area contributed by atoms with Crippen molar-refractivity contribution in [1.29, 1.82) is 5.41 Å². The number of nitrogens with two attached hydrogens (primary N) is 4. The monoisotopic (exact) mass is 1490 g/mol. The largest absolute Gasteiger partial charge is 0.508 e. The fourth-order valence-corrected chi connectivity index (χ4v) is 13.1. The van der Waals surface area contributed by atoms with Crippen molar-refractivity contribution in [1.82, 2.24) is 68.4 Å². The van der Waals surface area contributed by atoms with Crippen molar-refractivity contribution in [2.45, 2.75) is 152 Å². The second-order valence-corrected chi connectivity index (χ2v) is 27.5. The van der Waals surface area contributed by atoms with Crippen LogP contribution in [0.4, 0.5) is 0 Å². The highest BCUT2D eigenvalue weighted by Crippen LogP contribution is 2.25. The van der Waals surface area contributed by atoms with Gasteiger partial charge in [0.2, 0.25) is 76.8 Å². The summed E-state index contributed by atoms with van der Waals surface area (Å²) in [6.07, 6.45) is -1.68. The molecule has 0 radical (unpaired) electrons. The minimum absolute atomic E-state index is 0.0106. The lowest BCUT2D eigenvalue weighted by atomic mass is 10.00. The Morgan fingerprint density at radius 3 is 1.86 bits per heavy atom. The number of nitrogens with zero attached hydrogens (tertiary/aromatic N) is 1. The number of phenolic OH excluding ortho intramolecular Hbond substituents is 2. The number of aromatic nitrogens is 1. The third kappa shape index (κ3) is 28.6. The molecule has 0 spiro atoms. The maximum atomic E-state index is 15.0. The highest BCUT2D eigenvalue weighted by Gasteiger charge is 2.37. The summed E-state index contributed by atoms with van der Waals surface area (Å²) in [6, 6.07) is 3.84. The summed E-state index contributed by atoms with van der Waals surface area (Å²) in [4.78, 5) is 200. The number of phenols is 2. The van der Waals surface area contributed by atoms with Crippen LogP contribution in [0.2, 0.25) is 0 Å². The number of H-pyrrole nitrogens is 1. The van der Waals surface area contributed by atoms with Crippen molar-refractivity contribution in [3.63, 3.8) is 0 Å². The second-order valence-electron chi connectivity index (χ2n) is 24.9. The molecule has 1 aliphatic rings. The zero-order chi connectivity index (χ0) is 76.6. The zero-order valence-corrected chi connectivity index (χ0v) is 59.5. The molecule has 0 bridgehead atoms. The lowest BCUT2D eigenvalue weighted by Crippen LogP contribution is -2.61. The van der Waals surface area contributed by atoms with Gasteiger partial charge in [0, 0.05) is 99.7 Å². The molecule has 37 heteroatoms. The Bertz CT molecular complexity index is 3680. The van der Waals surface area contributed by atoms with Gasteiger partial charge in [-0.1, -0.05) is 84.8 Å². The quantitative estimate of drug-likeness (QED) is 0.0122. The maximum Gasteiger partial charge on any atom is 0.303 e. The Hall–Kier alpha value is -10.7. The van der Waals surface area contributed by atoms with Crippen LogP contribution >= 0.6 is 21.6 Å². The number of aromatic amines is 1. The summed E-state index contributed by atoms with van der Waals surface area (Å²) in [5, 5.41) is 66.9. The van der Waals surface area contributed by atoms with Gasteiger partial charge < -0.3 is 107 Å². The Balaban J connectivity index is 1.61. The van der Waals surface area contributed by atoms with Gasteiger partial charge >= 0.3 is 5.97 Å². The molecular formula is C67H94N18O17S2. The highest BCUT2D eigenvalue weighted by molar-refractivity contribution is 8.76. The molecule has 13 amide bonds. The Morgan fingerprint density at radius 1 is 0.663 bits per heavy atom. The normalized spacial score (nSPS) is 20.6. The number of carbonyl (C=O) groups is 14. The topological polar surface area (TPSA) is 579 Å². The Labute approximate surface area is 607 Å². The number of fused-ring (bicyclic) bond motifs is 1. The molecule has 9 atom stereocenters. The summed E-state index contributed by atoms with van der Waals surface area (Å²) in [7, 11) is 1.68. The Kier molecular flexibility index (Phi) is 34.4. The first kappa shape index (κ1) is 84.0. The molecule has 5 rings (SSSR count). The van der Waals surface area contributed by atoms with E-state index in [1.54, 1.807) is 51.2 Å². The van der Waals surface area contributed by atoms with Gasteiger partial charge in [-0.15, -0.1) is 0 Å². The number of primary amides is 2. The van der Waals surface area contributed by atoms with Crippen LogP contribution in [0.15, 0.2) is 79.0 Å². The number of carboxylic acids is 1. The number of aliphatic carboxylic acids is 1. The number of rotatable bonds is 27. The van der Waals surface area contributed by atoms with E-state index in [-0.39, 0.29) is 69.7 Å². The number of hydrogen-bond acceptors (Lipinski definition) is 20. The zero-order valence-electron chi connectivity index (χ0n) is 57.8. The number of carbonyl (C=O) groups excluding carboxylic acids is 13. The molecule has 0 unspecified atom stereocenters. The van der Waals surface area contributed by atoms with E-state index >= 15 is 0 Å². The molecule has 3 aromatic carbocycles. The average molecular weight is 1490 g/mol. The lowest BCUT2D eigenvalue weighted by molar-refractivity contribution is -0.138. The van der Waals surface area contributed by atoms with E-state index in [1.807, 2.05) is 0 Å². The summed E-state index contributed by atoms with van der Waals surface area (Å²) >= 11 is 0. The first-order valence-electron chi connectivity index (χ1n) is 33.6. The highest BCUT2D eigenvalue weighted by atomic mass is 33.1. The van der Waals surface area contributed by atoms with Crippen molar-refractivity contribution >= 4 is 121 Å². The number of nitrogens with one attached hydrogen (secondary N) is 13. The van der Waals surface area contributed by atoms with Crippen molar-refractivity contribution in [3.05, 3.63) is 95.7 Å². The first-order chi connectivity index (χ1) is 49.4. The predicted molar refractivity (Wildman–Crippen MR) is 385 cm³/mol. The van der Waals surface area contributed by atoms with E-state index in [0.717, 1.165) is 21.6 Å². The van der Waals surface area contributed by atoms with Crippen LogP contribution in [0.5, 0.6) is 11.5 Å². The number of amides is 13. The van der Waals surface area contributed by atoms with Crippen molar-refractivity contribution in [2.75, 3.05) is 44.2 Å². The second kappa shape index (κ2) is 42.7. The molecule has 1 aromatic heterocycles. The van der Waals surface area contributed by atoms with E-state index in [4.69, 9.17) is 28.3 Å². The van der Waals surface area contributed by atoms with Gasteiger partial charge in [0.05, 0.1) is 6.54 Å². The minimum atomic E-state index is -1.75. The molecule has 1 saturated heterocycles.